The number of nitrogens with zero attached hydrogens (tertiary/aromatic N) is 1. The Balaban J connectivity index is 1.84. The van der Waals surface area contributed by atoms with Gasteiger partial charge in [0.15, 0.2) is 0 Å². The Morgan fingerprint density at radius 3 is 2.40 bits per heavy atom. The van der Waals surface area contributed by atoms with Crippen LogP contribution in [0.5, 0.6) is 0 Å². The summed E-state index contributed by atoms with van der Waals surface area (Å²) in [5.41, 5.74) is 1.21. The average molecular weight is 273 g/mol. The van der Waals surface area contributed by atoms with E-state index in [1.807, 2.05) is 0 Å². The van der Waals surface area contributed by atoms with Crippen molar-refractivity contribution in [1.82, 2.24) is 4.90 Å². The van der Waals surface area contributed by atoms with Crippen LogP contribution in [0, 0.1) is 5.92 Å². The molecule has 0 bridgehead atoms. The van der Waals surface area contributed by atoms with Gasteiger partial charge in [-0.2, -0.15) is 0 Å². The smallest absolute Gasteiger partial charge is 0.122 e. The molecule has 20 heavy (non-hydrogen) atoms. The molecule has 0 unspecified atom stereocenters. The Labute approximate surface area is 123 Å². The highest BCUT2D eigenvalue weighted by Crippen LogP contribution is 2.47. The first-order valence-electron chi connectivity index (χ1n) is 8.08. The van der Waals surface area contributed by atoms with Crippen molar-refractivity contribution in [1.29, 1.82) is 0 Å². The van der Waals surface area contributed by atoms with E-state index in [0.717, 1.165) is 0 Å². The third kappa shape index (κ3) is 2.29. The lowest BCUT2D eigenvalue weighted by Crippen LogP contribution is -2.48. The Bertz CT molecular complexity index is 440. The molecular formula is C18H27NO. The second-order valence-corrected chi connectivity index (χ2v) is 6.69. The van der Waals surface area contributed by atoms with E-state index in [9.17, 15) is 0 Å². The second-order valence-electron chi connectivity index (χ2n) is 6.69. The molecular weight excluding hydrogens is 246 g/mol. The van der Waals surface area contributed by atoms with E-state index >= 15 is 0 Å². The third-order valence-corrected chi connectivity index (χ3v) is 5.61. The van der Waals surface area contributed by atoms with Crippen molar-refractivity contribution in [3.63, 3.8) is 0 Å². The maximum Gasteiger partial charge on any atom is 0.122 e. The van der Waals surface area contributed by atoms with Crippen LogP contribution >= 0.6 is 0 Å². The number of ether oxygens (including phenoxy) is 1. The predicted molar refractivity (Wildman–Crippen MR) is 82.5 cm³/mol. The summed E-state index contributed by atoms with van der Waals surface area (Å²) in [6, 6.07) is 11.1. The quantitative estimate of drug-likeness (QED) is 0.793. The van der Waals surface area contributed by atoms with E-state index in [-0.39, 0.29) is 11.8 Å². The van der Waals surface area contributed by atoms with Gasteiger partial charge in [0, 0.05) is 12.0 Å². The van der Waals surface area contributed by atoms with Crippen LogP contribution in [-0.4, -0.2) is 23.7 Å². The van der Waals surface area contributed by atoms with Crippen LogP contribution in [-0.2, 0) is 4.74 Å². The summed E-state index contributed by atoms with van der Waals surface area (Å²) >= 11 is 0. The molecule has 2 nitrogen and oxygen atoms in total. The van der Waals surface area contributed by atoms with Gasteiger partial charge < -0.3 is 4.74 Å². The first-order chi connectivity index (χ1) is 9.63. The molecule has 0 radical (unpaired) electrons. The Morgan fingerprint density at radius 2 is 1.75 bits per heavy atom. The molecule has 1 aliphatic heterocycles. The molecule has 1 saturated carbocycles. The summed E-state index contributed by atoms with van der Waals surface area (Å²) in [5, 5.41) is 0. The minimum atomic E-state index is -0.0969. The van der Waals surface area contributed by atoms with E-state index in [1.165, 1.54) is 37.7 Å². The van der Waals surface area contributed by atoms with Crippen LogP contribution in [0.4, 0.5) is 0 Å². The van der Waals surface area contributed by atoms with Gasteiger partial charge in [0.25, 0.3) is 0 Å². The molecule has 3 rings (SSSR count). The van der Waals surface area contributed by atoms with Gasteiger partial charge in [0.2, 0.25) is 0 Å². The van der Waals surface area contributed by atoms with Gasteiger partial charge in [-0.15, -0.1) is 0 Å². The molecule has 2 heteroatoms. The molecule has 1 aromatic rings. The van der Waals surface area contributed by atoms with E-state index in [2.05, 4.69) is 56.1 Å². The van der Waals surface area contributed by atoms with Crippen LogP contribution in [0.15, 0.2) is 30.3 Å². The second kappa shape index (κ2) is 5.50. The van der Waals surface area contributed by atoms with Gasteiger partial charge in [-0.05, 0) is 39.3 Å². The van der Waals surface area contributed by atoms with Crippen LogP contribution in [0.3, 0.4) is 0 Å². The number of rotatable bonds is 2. The number of likely N-dealkylation sites (N-methyl/N-ethyl adjacent to an activating group) is 1. The van der Waals surface area contributed by atoms with Crippen molar-refractivity contribution in [2.45, 2.75) is 63.8 Å². The summed E-state index contributed by atoms with van der Waals surface area (Å²) in [7, 11) is 2.24. The summed E-state index contributed by atoms with van der Waals surface area (Å²) in [5.74, 6) is 0.678. The molecule has 0 N–H and O–H groups in total. The maximum absolute atomic E-state index is 6.62. The molecule has 2 aliphatic rings. The Morgan fingerprint density at radius 1 is 1.10 bits per heavy atom. The lowest BCUT2D eigenvalue weighted by molar-refractivity contribution is -0.133. The maximum atomic E-state index is 6.62. The first-order valence-corrected chi connectivity index (χ1v) is 8.08. The van der Waals surface area contributed by atoms with E-state index in [4.69, 9.17) is 4.74 Å². The molecule has 0 aromatic heterocycles. The van der Waals surface area contributed by atoms with Crippen molar-refractivity contribution in [2.75, 3.05) is 7.05 Å². The van der Waals surface area contributed by atoms with E-state index < -0.39 is 0 Å². The summed E-state index contributed by atoms with van der Waals surface area (Å²) in [6.45, 7) is 4.61. The highest BCUT2D eigenvalue weighted by molar-refractivity contribution is 5.21. The predicted octanol–water partition coefficient (Wildman–Crippen LogP) is 4.37. The molecule has 1 saturated heterocycles. The van der Waals surface area contributed by atoms with Gasteiger partial charge >= 0.3 is 0 Å². The third-order valence-electron chi connectivity index (χ3n) is 5.61. The molecule has 110 valence electrons. The van der Waals surface area contributed by atoms with Gasteiger partial charge in [-0.25, -0.2) is 0 Å². The van der Waals surface area contributed by atoms with Crippen LogP contribution in [0.25, 0.3) is 0 Å². The standard InChI is InChI=1S/C18H27NO/c1-14-17(15-10-6-4-7-11-15)20-18(2,19(14)3)16-12-8-5-9-13-16/h4,6-7,10-11,14,16-17H,5,8-9,12-13H2,1-3H3/t14-,17+,18-/m0/s1. The van der Waals surface area contributed by atoms with Crippen molar-refractivity contribution < 1.29 is 4.74 Å². The molecule has 0 amide bonds. The molecule has 1 aromatic carbocycles. The SMILES string of the molecule is C[C@H]1[C@H](c2ccccc2)O[C@@](C)(C2CCCCC2)N1C. The van der Waals surface area contributed by atoms with Gasteiger partial charge in [0.05, 0.1) is 0 Å². The van der Waals surface area contributed by atoms with Crippen LogP contribution < -0.4 is 0 Å². The topological polar surface area (TPSA) is 12.5 Å². The highest BCUT2D eigenvalue weighted by atomic mass is 16.5. The average Bonchev–Trinajstić information content (AvgIpc) is 2.75. The minimum Gasteiger partial charge on any atom is -0.351 e. The number of benzene rings is 1. The lowest BCUT2D eigenvalue weighted by Gasteiger charge is -2.41. The molecule has 1 heterocycles. The zero-order valence-corrected chi connectivity index (χ0v) is 13.0. The Hall–Kier alpha value is -0.860. The minimum absolute atomic E-state index is 0.0969. The largest absolute Gasteiger partial charge is 0.351 e. The normalized spacial score (nSPS) is 36.4. The van der Waals surface area contributed by atoms with E-state index in [1.54, 1.807) is 0 Å². The summed E-state index contributed by atoms with van der Waals surface area (Å²) < 4.78 is 6.62. The number of hydrogen-bond acceptors (Lipinski definition) is 2. The van der Waals surface area contributed by atoms with Crippen molar-refractivity contribution in [3.8, 4) is 0 Å². The Kier molecular flexibility index (Phi) is 3.87. The first kappa shape index (κ1) is 14.1. The molecule has 2 fully saturated rings. The van der Waals surface area contributed by atoms with E-state index in [0.29, 0.717) is 12.0 Å². The fourth-order valence-electron chi connectivity index (χ4n) is 4.06. The highest BCUT2D eigenvalue weighted by Gasteiger charge is 2.50. The lowest BCUT2D eigenvalue weighted by atomic mass is 9.81. The zero-order valence-electron chi connectivity index (χ0n) is 13.0. The monoisotopic (exact) mass is 273 g/mol. The van der Waals surface area contributed by atoms with Gasteiger partial charge in [-0.3, -0.25) is 4.90 Å². The van der Waals surface area contributed by atoms with Crippen LogP contribution in [0.1, 0.15) is 57.6 Å². The van der Waals surface area contributed by atoms with Crippen molar-refractivity contribution in [2.24, 2.45) is 5.92 Å². The fraction of sp³-hybridized carbons (Fsp3) is 0.667. The fourth-order valence-corrected chi connectivity index (χ4v) is 4.06. The van der Waals surface area contributed by atoms with Crippen molar-refractivity contribution >= 4 is 0 Å². The number of hydrogen-bond donors (Lipinski definition) is 0. The summed E-state index contributed by atoms with van der Waals surface area (Å²) in [4.78, 5) is 2.47. The van der Waals surface area contributed by atoms with Gasteiger partial charge in [-0.1, -0.05) is 49.6 Å². The molecule has 3 atom stereocenters. The summed E-state index contributed by atoms with van der Waals surface area (Å²) in [6.07, 6.45) is 6.95. The zero-order chi connectivity index (χ0) is 14.2. The van der Waals surface area contributed by atoms with Crippen LogP contribution in [0.2, 0.25) is 0 Å². The molecule has 0 spiro atoms. The van der Waals surface area contributed by atoms with Gasteiger partial charge in [0.1, 0.15) is 11.8 Å². The molecule has 1 aliphatic carbocycles. The van der Waals surface area contributed by atoms with Crippen molar-refractivity contribution in [3.05, 3.63) is 35.9 Å².